The van der Waals surface area contributed by atoms with E-state index in [1.807, 2.05) is 39.1 Å². The lowest BCUT2D eigenvalue weighted by atomic mass is 10.2. The van der Waals surface area contributed by atoms with E-state index in [-0.39, 0.29) is 18.2 Å². The first-order chi connectivity index (χ1) is 9.02. The predicted molar refractivity (Wildman–Crippen MR) is 75.1 cm³/mol. The largest absolute Gasteiger partial charge is 0.380 e. The first-order valence-electron chi connectivity index (χ1n) is 6.51. The van der Waals surface area contributed by atoms with Crippen molar-refractivity contribution in [3.63, 3.8) is 0 Å². The van der Waals surface area contributed by atoms with Gasteiger partial charge in [0, 0.05) is 25.5 Å². The van der Waals surface area contributed by atoms with Crippen molar-refractivity contribution in [2.45, 2.75) is 39.3 Å². The zero-order valence-electron chi connectivity index (χ0n) is 12.1. The smallest absolute Gasteiger partial charge is 0.315 e. The number of aryl methyl sites for hydroxylation is 1. The molecule has 2 atom stereocenters. The van der Waals surface area contributed by atoms with Gasteiger partial charge in [-0.3, -0.25) is 4.98 Å². The molecule has 0 spiro atoms. The van der Waals surface area contributed by atoms with Crippen LogP contribution in [0.2, 0.25) is 0 Å². The van der Waals surface area contributed by atoms with E-state index < -0.39 is 0 Å². The number of pyridine rings is 1. The van der Waals surface area contributed by atoms with E-state index in [2.05, 4.69) is 15.6 Å². The van der Waals surface area contributed by atoms with Crippen LogP contribution in [-0.2, 0) is 11.2 Å². The number of hydrogen-bond acceptors (Lipinski definition) is 3. The molecule has 5 nitrogen and oxygen atoms in total. The topological polar surface area (TPSA) is 63.2 Å². The average molecular weight is 265 g/mol. The maximum absolute atomic E-state index is 11.6. The minimum atomic E-state index is -0.170. The van der Waals surface area contributed by atoms with Gasteiger partial charge in [0.2, 0.25) is 0 Å². The first kappa shape index (κ1) is 15.4. The van der Waals surface area contributed by atoms with E-state index in [0.717, 1.165) is 17.7 Å². The molecule has 0 aliphatic carbocycles. The molecule has 0 aliphatic rings. The van der Waals surface area contributed by atoms with E-state index in [1.165, 1.54) is 0 Å². The SMILES string of the molecule is COC(C)[C@H](C)NC(=O)NCCc1ccc(C)nc1. The summed E-state index contributed by atoms with van der Waals surface area (Å²) in [6.07, 6.45) is 2.60. The quantitative estimate of drug-likeness (QED) is 0.822. The number of carbonyl (C=O) groups excluding carboxylic acids is 1. The molecule has 1 aromatic rings. The first-order valence-corrected chi connectivity index (χ1v) is 6.51. The van der Waals surface area contributed by atoms with Gasteiger partial charge in [-0.15, -0.1) is 0 Å². The number of amides is 2. The van der Waals surface area contributed by atoms with Crippen LogP contribution < -0.4 is 10.6 Å². The van der Waals surface area contributed by atoms with E-state index in [1.54, 1.807) is 7.11 Å². The molecular formula is C14H23N3O2. The maximum atomic E-state index is 11.6. The molecule has 0 aliphatic heterocycles. The molecule has 0 saturated heterocycles. The van der Waals surface area contributed by atoms with Crippen LogP contribution in [0.25, 0.3) is 0 Å². The Balaban J connectivity index is 2.25. The molecule has 19 heavy (non-hydrogen) atoms. The number of aromatic nitrogens is 1. The monoisotopic (exact) mass is 265 g/mol. The van der Waals surface area contributed by atoms with Crippen LogP contribution in [0, 0.1) is 6.92 Å². The minimum absolute atomic E-state index is 0.00736. The van der Waals surface area contributed by atoms with Crippen molar-refractivity contribution in [3.05, 3.63) is 29.6 Å². The second kappa shape index (κ2) is 7.74. The van der Waals surface area contributed by atoms with E-state index in [0.29, 0.717) is 6.54 Å². The van der Waals surface area contributed by atoms with Crippen LogP contribution >= 0.6 is 0 Å². The molecule has 0 saturated carbocycles. The van der Waals surface area contributed by atoms with Gasteiger partial charge in [-0.05, 0) is 38.8 Å². The standard InChI is InChI=1S/C14H23N3O2/c1-10-5-6-13(9-16-10)7-8-15-14(18)17-11(2)12(3)19-4/h5-6,9,11-12H,7-8H2,1-4H3,(H2,15,17,18)/t11-,12?/m0/s1. The van der Waals surface area contributed by atoms with Crippen LogP contribution in [-0.4, -0.2) is 36.8 Å². The molecule has 5 heteroatoms. The third-order valence-corrected chi connectivity index (χ3v) is 3.11. The zero-order chi connectivity index (χ0) is 14.3. The van der Waals surface area contributed by atoms with Gasteiger partial charge in [-0.2, -0.15) is 0 Å². The van der Waals surface area contributed by atoms with Crippen LogP contribution in [0.1, 0.15) is 25.1 Å². The Hall–Kier alpha value is -1.62. The van der Waals surface area contributed by atoms with Gasteiger partial charge in [0.1, 0.15) is 0 Å². The Labute approximate surface area is 114 Å². The average Bonchev–Trinajstić information content (AvgIpc) is 2.40. The Morgan fingerprint density at radius 1 is 1.42 bits per heavy atom. The fraction of sp³-hybridized carbons (Fsp3) is 0.571. The van der Waals surface area contributed by atoms with Gasteiger partial charge < -0.3 is 15.4 Å². The summed E-state index contributed by atoms with van der Waals surface area (Å²) in [7, 11) is 1.63. The van der Waals surface area contributed by atoms with Gasteiger partial charge in [-0.1, -0.05) is 6.07 Å². The number of methoxy groups -OCH3 is 1. The fourth-order valence-corrected chi connectivity index (χ4v) is 1.55. The van der Waals surface area contributed by atoms with E-state index in [9.17, 15) is 4.79 Å². The van der Waals surface area contributed by atoms with Gasteiger partial charge in [0.25, 0.3) is 0 Å². The number of urea groups is 1. The summed E-state index contributed by atoms with van der Waals surface area (Å²) in [6.45, 7) is 6.37. The second-order valence-corrected chi connectivity index (χ2v) is 4.69. The number of nitrogens with one attached hydrogen (secondary N) is 2. The van der Waals surface area contributed by atoms with E-state index in [4.69, 9.17) is 4.74 Å². The molecule has 0 aromatic carbocycles. The highest BCUT2D eigenvalue weighted by Crippen LogP contribution is 1.99. The van der Waals surface area contributed by atoms with Gasteiger partial charge in [-0.25, -0.2) is 4.79 Å². The molecule has 2 N–H and O–H groups in total. The van der Waals surface area contributed by atoms with Gasteiger partial charge in [0.15, 0.2) is 0 Å². The van der Waals surface area contributed by atoms with Gasteiger partial charge in [0.05, 0.1) is 12.1 Å². The Kier molecular flexibility index (Phi) is 6.29. The fourth-order valence-electron chi connectivity index (χ4n) is 1.55. The number of rotatable bonds is 6. The van der Waals surface area contributed by atoms with Crippen LogP contribution in [0.3, 0.4) is 0 Å². The summed E-state index contributed by atoms with van der Waals surface area (Å²) in [4.78, 5) is 15.8. The Morgan fingerprint density at radius 3 is 2.74 bits per heavy atom. The Morgan fingerprint density at radius 2 is 2.16 bits per heavy atom. The predicted octanol–water partition coefficient (Wildman–Crippen LogP) is 1.66. The normalized spacial score (nSPS) is 13.7. The highest BCUT2D eigenvalue weighted by Gasteiger charge is 2.13. The molecule has 106 valence electrons. The molecule has 0 radical (unpaired) electrons. The molecule has 2 amide bonds. The summed E-state index contributed by atoms with van der Waals surface area (Å²) in [6, 6.07) is 3.80. The molecular weight excluding hydrogens is 242 g/mol. The molecule has 1 unspecified atom stereocenters. The molecule has 1 aromatic heterocycles. The summed E-state index contributed by atoms with van der Waals surface area (Å²) in [5.41, 5.74) is 2.11. The number of carbonyl (C=O) groups is 1. The van der Waals surface area contributed by atoms with Gasteiger partial charge >= 0.3 is 6.03 Å². The third-order valence-electron chi connectivity index (χ3n) is 3.11. The lowest BCUT2D eigenvalue weighted by Gasteiger charge is -2.20. The Bertz CT molecular complexity index is 392. The third kappa shape index (κ3) is 5.70. The lowest BCUT2D eigenvalue weighted by molar-refractivity contribution is 0.0912. The minimum Gasteiger partial charge on any atom is -0.380 e. The summed E-state index contributed by atoms with van der Waals surface area (Å²) in [5.74, 6) is 0. The van der Waals surface area contributed by atoms with Crippen molar-refractivity contribution in [3.8, 4) is 0 Å². The summed E-state index contributed by atoms with van der Waals surface area (Å²) < 4.78 is 5.15. The summed E-state index contributed by atoms with van der Waals surface area (Å²) in [5, 5.41) is 5.66. The second-order valence-electron chi connectivity index (χ2n) is 4.69. The van der Waals surface area contributed by atoms with Crippen molar-refractivity contribution in [1.82, 2.24) is 15.6 Å². The highest BCUT2D eigenvalue weighted by atomic mass is 16.5. The molecule has 0 fully saturated rings. The molecule has 0 bridgehead atoms. The number of nitrogens with zero attached hydrogens (tertiary/aromatic N) is 1. The van der Waals surface area contributed by atoms with Crippen molar-refractivity contribution < 1.29 is 9.53 Å². The van der Waals surface area contributed by atoms with Crippen LogP contribution in [0.5, 0.6) is 0 Å². The molecule has 1 rings (SSSR count). The van der Waals surface area contributed by atoms with Crippen molar-refractivity contribution >= 4 is 6.03 Å². The maximum Gasteiger partial charge on any atom is 0.315 e. The van der Waals surface area contributed by atoms with Crippen LogP contribution in [0.15, 0.2) is 18.3 Å². The van der Waals surface area contributed by atoms with Crippen LogP contribution in [0.4, 0.5) is 4.79 Å². The summed E-state index contributed by atoms with van der Waals surface area (Å²) >= 11 is 0. The molecule has 1 heterocycles. The van der Waals surface area contributed by atoms with Crippen molar-refractivity contribution in [2.24, 2.45) is 0 Å². The highest BCUT2D eigenvalue weighted by molar-refractivity contribution is 5.74. The number of ether oxygens (including phenoxy) is 1. The van der Waals surface area contributed by atoms with Crippen molar-refractivity contribution in [2.75, 3.05) is 13.7 Å². The zero-order valence-corrected chi connectivity index (χ0v) is 12.1. The lowest BCUT2D eigenvalue weighted by Crippen LogP contribution is -2.46. The van der Waals surface area contributed by atoms with E-state index >= 15 is 0 Å². The van der Waals surface area contributed by atoms with Crippen molar-refractivity contribution in [1.29, 1.82) is 0 Å². The number of hydrogen-bond donors (Lipinski definition) is 2.